The fraction of sp³-hybridized carbons (Fsp3) is 0.857. The van der Waals surface area contributed by atoms with Crippen molar-refractivity contribution in [3.05, 3.63) is 0 Å². The topological polar surface area (TPSA) is 69.6 Å². The van der Waals surface area contributed by atoms with Gasteiger partial charge in [-0.1, -0.05) is 19.3 Å². The summed E-state index contributed by atoms with van der Waals surface area (Å²) in [5.74, 6) is -0.939. The SMILES string of the molecule is CC(NC1CCCCC1)C(=O)N1CCC[C@H]1C(=O)O. The average molecular weight is 268 g/mol. The number of carbonyl (C=O) groups excluding carboxylic acids is 1. The normalized spacial score (nSPS) is 26.4. The summed E-state index contributed by atoms with van der Waals surface area (Å²) < 4.78 is 0. The van der Waals surface area contributed by atoms with Crippen LogP contribution in [0.15, 0.2) is 0 Å². The third-order valence-electron chi connectivity index (χ3n) is 4.28. The zero-order valence-corrected chi connectivity index (χ0v) is 11.6. The van der Waals surface area contributed by atoms with Crippen LogP contribution >= 0.6 is 0 Å². The molecule has 1 saturated heterocycles. The molecule has 0 radical (unpaired) electrons. The van der Waals surface area contributed by atoms with Gasteiger partial charge in [-0.2, -0.15) is 0 Å². The van der Waals surface area contributed by atoms with E-state index in [-0.39, 0.29) is 11.9 Å². The Balaban J connectivity index is 1.89. The number of carbonyl (C=O) groups is 2. The molecule has 1 aliphatic heterocycles. The molecule has 0 aromatic heterocycles. The van der Waals surface area contributed by atoms with Crippen LogP contribution in [0.2, 0.25) is 0 Å². The minimum atomic E-state index is -0.879. The standard InChI is InChI=1S/C14H24N2O3/c1-10(15-11-6-3-2-4-7-11)13(17)16-9-5-8-12(16)14(18)19/h10-12,15H,2-9H2,1H3,(H,18,19)/t10?,12-/m0/s1. The minimum Gasteiger partial charge on any atom is -0.480 e. The molecule has 1 aliphatic carbocycles. The second-order valence-electron chi connectivity index (χ2n) is 5.75. The third kappa shape index (κ3) is 3.47. The Labute approximate surface area is 114 Å². The van der Waals surface area contributed by atoms with Gasteiger partial charge in [0.25, 0.3) is 0 Å². The summed E-state index contributed by atoms with van der Waals surface area (Å²) in [7, 11) is 0. The first-order valence-electron chi connectivity index (χ1n) is 7.39. The summed E-state index contributed by atoms with van der Waals surface area (Å²) in [6.07, 6.45) is 7.35. The molecule has 5 nitrogen and oxygen atoms in total. The lowest BCUT2D eigenvalue weighted by molar-refractivity contribution is -0.148. The van der Waals surface area contributed by atoms with E-state index in [1.807, 2.05) is 6.92 Å². The maximum absolute atomic E-state index is 12.3. The number of nitrogens with zero attached hydrogens (tertiary/aromatic N) is 1. The number of hydrogen-bond acceptors (Lipinski definition) is 3. The molecule has 2 rings (SSSR count). The Morgan fingerprint density at radius 2 is 1.84 bits per heavy atom. The number of carboxylic acid groups (broad SMARTS) is 1. The van der Waals surface area contributed by atoms with E-state index in [1.54, 1.807) is 0 Å². The van der Waals surface area contributed by atoms with Crippen molar-refractivity contribution in [1.29, 1.82) is 0 Å². The molecule has 0 spiro atoms. The van der Waals surface area contributed by atoms with Crippen molar-refractivity contribution in [3.8, 4) is 0 Å². The molecule has 2 fully saturated rings. The lowest BCUT2D eigenvalue weighted by Crippen LogP contribution is -2.51. The first kappa shape index (κ1) is 14.3. The van der Waals surface area contributed by atoms with Crippen molar-refractivity contribution in [2.45, 2.75) is 70.0 Å². The predicted octanol–water partition coefficient (Wildman–Crippen LogP) is 1.37. The highest BCUT2D eigenvalue weighted by Crippen LogP contribution is 2.20. The van der Waals surface area contributed by atoms with Crippen LogP contribution in [0.3, 0.4) is 0 Å². The third-order valence-corrected chi connectivity index (χ3v) is 4.28. The Bertz CT molecular complexity index is 340. The van der Waals surface area contributed by atoms with Gasteiger partial charge in [-0.05, 0) is 32.6 Å². The molecule has 1 saturated carbocycles. The van der Waals surface area contributed by atoms with E-state index in [4.69, 9.17) is 5.11 Å². The summed E-state index contributed by atoms with van der Waals surface area (Å²) in [5.41, 5.74) is 0. The summed E-state index contributed by atoms with van der Waals surface area (Å²) >= 11 is 0. The van der Waals surface area contributed by atoms with Crippen LogP contribution in [0.5, 0.6) is 0 Å². The highest BCUT2D eigenvalue weighted by Gasteiger charge is 2.36. The summed E-state index contributed by atoms with van der Waals surface area (Å²) in [6.45, 7) is 2.43. The maximum atomic E-state index is 12.3. The first-order valence-corrected chi connectivity index (χ1v) is 7.39. The molecular weight excluding hydrogens is 244 g/mol. The molecule has 0 aromatic carbocycles. The Morgan fingerprint density at radius 1 is 1.16 bits per heavy atom. The molecule has 1 amide bonds. The van der Waals surface area contributed by atoms with Gasteiger partial charge in [-0.15, -0.1) is 0 Å². The fourth-order valence-corrected chi connectivity index (χ4v) is 3.23. The van der Waals surface area contributed by atoms with Gasteiger partial charge in [0.2, 0.25) is 5.91 Å². The van der Waals surface area contributed by atoms with Gasteiger partial charge in [0.1, 0.15) is 6.04 Å². The molecule has 2 aliphatic rings. The van der Waals surface area contributed by atoms with Crippen molar-refractivity contribution in [2.75, 3.05) is 6.54 Å². The van der Waals surface area contributed by atoms with E-state index < -0.39 is 12.0 Å². The summed E-state index contributed by atoms with van der Waals surface area (Å²) in [6, 6.07) is -0.482. The minimum absolute atomic E-state index is 0.0597. The van der Waals surface area contributed by atoms with Gasteiger partial charge in [0.05, 0.1) is 6.04 Å². The zero-order chi connectivity index (χ0) is 13.8. The van der Waals surface area contributed by atoms with E-state index in [2.05, 4.69) is 5.32 Å². The van der Waals surface area contributed by atoms with E-state index >= 15 is 0 Å². The van der Waals surface area contributed by atoms with Gasteiger partial charge >= 0.3 is 5.97 Å². The van der Waals surface area contributed by atoms with Gasteiger partial charge in [0.15, 0.2) is 0 Å². The quantitative estimate of drug-likeness (QED) is 0.808. The molecule has 1 unspecified atom stereocenters. The smallest absolute Gasteiger partial charge is 0.326 e. The number of hydrogen-bond donors (Lipinski definition) is 2. The predicted molar refractivity (Wildman–Crippen MR) is 71.8 cm³/mol. The number of nitrogens with one attached hydrogen (secondary N) is 1. The van der Waals surface area contributed by atoms with Crippen molar-refractivity contribution in [2.24, 2.45) is 0 Å². The molecular formula is C14H24N2O3. The van der Waals surface area contributed by atoms with Crippen molar-refractivity contribution >= 4 is 11.9 Å². The average Bonchev–Trinajstić information content (AvgIpc) is 2.88. The molecule has 19 heavy (non-hydrogen) atoms. The van der Waals surface area contributed by atoms with Gasteiger partial charge in [-0.25, -0.2) is 4.79 Å². The van der Waals surface area contributed by atoms with Crippen molar-refractivity contribution < 1.29 is 14.7 Å². The highest BCUT2D eigenvalue weighted by molar-refractivity contribution is 5.87. The van der Waals surface area contributed by atoms with Gasteiger partial charge in [0, 0.05) is 12.6 Å². The summed E-state index contributed by atoms with van der Waals surface area (Å²) in [5, 5.41) is 12.5. The summed E-state index contributed by atoms with van der Waals surface area (Å²) in [4.78, 5) is 25.0. The molecule has 2 N–H and O–H groups in total. The van der Waals surface area contributed by atoms with Gasteiger partial charge in [-0.3, -0.25) is 4.79 Å². The molecule has 108 valence electrons. The van der Waals surface area contributed by atoms with E-state index in [0.29, 0.717) is 19.0 Å². The second kappa shape index (κ2) is 6.37. The first-order chi connectivity index (χ1) is 9.09. The number of amides is 1. The van der Waals surface area contributed by atoms with Crippen LogP contribution in [0.25, 0.3) is 0 Å². The molecule has 5 heteroatoms. The Kier molecular flexibility index (Phi) is 4.80. The number of aliphatic carboxylic acids is 1. The van der Waals surface area contributed by atoms with Crippen LogP contribution in [-0.2, 0) is 9.59 Å². The lowest BCUT2D eigenvalue weighted by Gasteiger charge is -2.30. The lowest BCUT2D eigenvalue weighted by atomic mass is 9.95. The Morgan fingerprint density at radius 3 is 2.47 bits per heavy atom. The van der Waals surface area contributed by atoms with E-state index in [0.717, 1.165) is 19.3 Å². The van der Waals surface area contributed by atoms with Crippen LogP contribution in [-0.4, -0.2) is 46.6 Å². The van der Waals surface area contributed by atoms with Crippen LogP contribution < -0.4 is 5.32 Å². The van der Waals surface area contributed by atoms with E-state index in [9.17, 15) is 9.59 Å². The second-order valence-corrected chi connectivity index (χ2v) is 5.75. The van der Waals surface area contributed by atoms with Crippen molar-refractivity contribution in [1.82, 2.24) is 10.2 Å². The zero-order valence-electron chi connectivity index (χ0n) is 11.6. The maximum Gasteiger partial charge on any atom is 0.326 e. The van der Waals surface area contributed by atoms with Crippen LogP contribution in [0.4, 0.5) is 0 Å². The van der Waals surface area contributed by atoms with Crippen LogP contribution in [0, 0.1) is 0 Å². The largest absolute Gasteiger partial charge is 0.480 e. The fourth-order valence-electron chi connectivity index (χ4n) is 3.23. The van der Waals surface area contributed by atoms with E-state index in [1.165, 1.54) is 24.2 Å². The highest BCUT2D eigenvalue weighted by atomic mass is 16.4. The van der Waals surface area contributed by atoms with Crippen molar-refractivity contribution in [3.63, 3.8) is 0 Å². The molecule has 0 bridgehead atoms. The number of carboxylic acids is 1. The number of rotatable bonds is 4. The molecule has 0 aromatic rings. The van der Waals surface area contributed by atoms with Gasteiger partial charge < -0.3 is 15.3 Å². The monoisotopic (exact) mass is 268 g/mol. The molecule has 2 atom stereocenters. The molecule has 1 heterocycles. The Hall–Kier alpha value is -1.10. The van der Waals surface area contributed by atoms with Crippen LogP contribution in [0.1, 0.15) is 51.9 Å². The number of likely N-dealkylation sites (tertiary alicyclic amines) is 1.